The van der Waals surface area contributed by atoms with E-state index in [4.69, 9.17) is 14.2 Å². The van der Waals surface area contributed by atoms with Crippen LogP contribution >= 0.6 is 0 Å². The fourth-order valence-corrected chi connectivity index (χ4v) is 2.51. The summed E-state index contributed by atoms with van der Waals surface area (Å²) in [6.07, 6.45) is 2.09. The lowest BCUT2D eigenvalue weighted by Crippen LogP contribution is -2.60. The van der Waals surface area contributed by atoms with Crippen LogP contribution in [0.3, 0.4) is 0 Å². The van der Waals surface area contributed by atoms with E-state index in [9.17, 15) is 4.79 Å². The fourth-order valence-electron chi connectivity index (χ4n) is 2.51. The molecule has 0 radical (unpaired) electrons. The van der Waals surface area contributed by atoms with E-state index in [0.717, 1.165) is 19.4 Å². The van der Waals surface area contributed by atoms with Crippen LogP contribution < -0.4 is 5.32 Å². The van der Waals surface area contributed by atoms with Gasteiger partial charge in [0, 0.05) is 12.6 Å². The largest absolute Gasteiger partial charge is 0.468 e. The lowest BCUT2D eigenvalue weighted by atomic mass is 9.93. The number of ether oxygens (including phenoxy) is 3. The van der Waals surface area contributed by atoms with Gasteiger partial charge in [-0.2, -0.15) is 0 Å². The molecule has 0 aromatic heterocycles. The van der Waals surface area contributed by atoms with Crippen molar-refractivity contribution in [1.29, 1.82) is 0 Å². The van der Waals surface area contributed by atoms with Gasteiger partial charge < -0.3 is 14.2 Å². The highest BCUT2D eigenvalue weighted by Crippen LogP contribution is 2.41. The quantitative estimate of drug-likeness (QED) is 0.467. The Hall–Kier alpha value is -0.650. The molecule has 0 aromatic carbocycles. The van der Waals surface area contributed by atoms with Gasteiger partial charge in [0.2, 0.25) is 0 Å². The zero-order valence-electron chi connectivity index (χ0n) is 14.1. The molecule has 5 heteroatoms. The van der Waals surface area contributed by atoms with Gasteiger partial charge in [0.05, 0.1) is 26.9 Å². The summed E-state index contributed by atoms with van der Waals surface area (Å²) in [5, 5.41) is 3.37. The Bertz CT molecular complexity index is 315. The summed E-state index contributed by atoms with van der Waals surface area (Å²) >= 11 is 0. The van der Waals surface area contributed by atoms with Gasteiger partial charge in [-0.1, -0.05) is 13.8 Å². The molecule has 0 spiro atoms. The van der Waals surface area contributed by atoms with Crippen LogP contribution in [0.1, 0.15) is 40.5 Å². The highest BCUT2D eigenvalue weighted by molar-refractivity contribution is 5.82. The van der Waals surface area contributed by atoms with Crippen molar-refractivity contribution < 1.29 is 19.0 Å². The molecule has 1 fully saturated rings. The number of carbonyl (C=O) groups excluding carboxylic acids is 1. The standard InChI is InChI=1S/C16H31NO4/c1-12(2)10-20-8-9-21-11-16(14-6-7-14,15(18)19-5)17-13(3)4/h12-14,17H,6-11H2,1-5H3. The SMILES string of the molecule is COC(=O)C(COCCOCC(C)C)(NC(C)C)C1CC1. The van der Waals surface area contributed by atoms with Gasteiger partial charge in [0.25, 0.3) is 0 Å². The van der Waals surface area contributed by atoms with Crippen molar-refractivity contribution in [1.82, 2.24) is 5.32 Å². The normalized spacial score (nSPS) is 18.0. The van der Waals surface area contributed by atoms with E-state index < -0.39 is 5.54 Å². The van der Waals surface area contributed by atoms with Crippen molar-refractivity contribution in [3.05, 3.63) is 0 Å². The molecule has 1 unspecified atom stereocenters. The monoisotopic (exact) mass is 301 g/mol. The third-order valence-electron chi connectivity index (χ3n) is 3.52. The van der Waals surface area contributed by atoms with Crippen molar-refractivity contribution >= 4 is 5.97 Å². The maximum atomic E-state index is 12.3. The van der Waals surface area contributed by atoms with Gasteiger partial charge in [-0.05, 0) is 38.5 Å². The molecule has 21 heavy (non-hydrogen) atoms. The zero-order valence-corrected chi connectivity index (χ0v) is 14.1. The van der Waals surface area contributed by atoms with E-state index in [-0.39, 0.29) is 12.0 Å². The summed E-state index contributed by atoms with van der Waals surface area (Å²) in [4.78, 5) is 12.3. The minimum Gasteiger partial charge on any atom is -0.468 e. The number of hydrogen-bond acceptors (Lipinski definition) is 5. The second kappa shape index (κ2) is 8.71. The average Bonchev–Trinajstić information content (AvgIpc) is 3.24. The molecule has 1 N–H and O–H groups in total. The van der Waals surface area contributed by atoms with E-state index >= 15 is 0 Å². The van der Waals surface area contributed by atoms with Gasteiger partial charge >= 0.3 is 5.97 Å². The van der Waals surface area contributed by atoms with Gasteiger partial charge in [0.15, 0.2) is 0 Å². The molecule has 1 rings (SSSR count). The molecule has 1 aliphatic rings. The molecular formula is C16H31NO4. The third kappa shape index (κ3) is 5.93. The number of nitrogens with one attached hydrogen (secondary N) is 1. The maximum absolute atomic E-state index is 12.3. The van der Waals surface area contributed by atoms with Gasteiger partial charge in [-0.3, -0.25) is 5.32 Å². The van der Waals surface area contributed by atoms with E-state index in [0.29, 0.717) is 31.7 Å². The molecule has 0 aliphatic heterocycles. The molecule has 0 amide bonds. The Morgan fingerprint density at radius 3 is 2.29 bits per heavy atom. The number of rotatable bonds is 11. The second-order valence-corrected chi connectivity index (χ2v) is 6.56. The Morgan fingerprint density at radius 2 is 1.81 bits per heavy atom. The minimum absolute atomic E-state index is 0.200. The summed E-state index contributed by atoms with van der Waals surface area (Å²) < 4.78 is 16.2. The molecular weight excluding hydrogens is 270 g/mol. The first-order valence-corrected chi connectivity index (χ1v) is 7.94. The van der Waals surface area contributed by atoms with Crippen molar-refractivity contribution in [3.63, 3.8) is 0 Å². The van der Waals surface area contributed by atoms with Crippen LogP contribution in [0.2, 0.25) is 0 Å². The maximum Gasteiger partial charge on any atom is 0.328 e. The lowest BCUT2D eigenvalue weighted by Gasteiger charge is -2.34. The molecule has 1 saturated carbocycles. The highest BCUT2D eigenvalue weighted by atomic mass is 16.5. The molecule has 5 nitrogen and oxygen atoms in total. The molecule has 124 valence electrons. The lowest BCUT2D eigenvalue weighted by molar-refractivity contribution is -0.153. The Morgan fingerprint density at radius 1 is 1.19 bits per heavy atom. The van der Waals surface area contributed by atoms with Gasteiger partial charge in [-0.15, -0.1) is 0 Å². The zero-order chi connectivity index (χ0) is 15.9. The number of carbonyl (C=O) groups is 1. The topological polar surface area (TPSA) is 56.8 Å². The van der Waals surface area contributed by atoms with Crippen LogP contribution in [0.4, 0.5) is 0 Å². The number of hydrogen-bond donors (Lipinski definition) is 1. The van der Waals surface area contributed by atoms with Crippen LogP contribution in [0.5, 0.6) is 0 Å². The summed E-state index contributed by atoms with van der Waals surface area (Å²) in [7, 11) is 1.44. The first kappa shape index (κ1) is 18.4. The molecule has 1 atom stereocenters. The molecule has 0 bridgehead atoms. The Balaban J connectivity index is 2.47. The molecule has 0 saturated heterocycles. The number of methoxy groups -OCH3 is 1. The van der Waals surface area contributed by atoms with E-state index in [1.807, 2.05) is 13.8 Å². The summed E-state index contributed by atoms with van der Waals surface area (Å²) in [6.45, 7) is 10.4. The molecule has 0 heterocycles. The van der Waals surface area contributed by atoms with Crippen LogP contribution in [0.15, 0.2) is 0 Å². The van der Waals surface area contributed by atoms with Crippen molar-refractivity contribution in [2.75, 3.05) is 33.5 Å². The van der Waals surface area contributed by atoms with E-state index in [1.54, 1.807) is 0 Å². The van der Waals surface area contributed by atoms with Crippen LogP contribution in [0.25, 0.3) is 0 Å². The predicted molar refractivity (Wildman–Crippen MR) is 82.2 cm³/mol. The third-order valence-corrected chi connectivity index (χ3v) is 3.52. The van der Waals surface area contributed by atoms with Crippen molar-refractivity contribution in [3.8, 4) is 0 Å². The van der Waals surface area contributed by atoms with Crippen molar-refractivity contribution in [2.24, 2.45) is 11.8 Å². The second-order valence-electron chi connectivity index (χ2n) is 6.56. The highest BCUT2D eigenvalue weighted by Gasteiger charge is 2.52. The first-order valence-electron chi connectivity index (χ1n) is 7.94. The van der Waals surface area contributed by atoms with Crippen molar-refractivity contribution in [2.45, 2.75) is 52.1 Å². The van der Waals surface area contributed by atoms with Crippen LogP contribution in [-0.2, 0) is 19.0 Å². The minimum atomic E-state index is -0.707. The predicted octanol–water partition coefficient (Wildman–Crippen LogP) is 2.00. The first-order chi connectivity index (χ1) is 9.92. The van der Waals surface area contributed by atoms with E-state index in [1.165, 1.54) is 7.11 Å². The number of esters is 1. The molecule has 1 aliphatic carbocycles. The summed E-state index contributed by atoms with van der Waals surface area (Å²) in [5.41, 5.74) is -0.707. The summed E-state index contributed by atoms with van der Waals surface area (Å²) in [5.74, 6) is 0.610. The van der Waals surface area contributed by atoms with Crippen LogP contribution in [-0.4, -0.2) is 51.1 Å². The Kier molecular flexibility index (Phi) is 7.63. The Labute approximate surface area is 128 Å². The fraction of sp³-hybridized carbons (Fsp3) is 0.938. The van der Waals surface area contributed by atoms with Gasteiger partial charge in [0.1, 0.15) is 5.54 Å². The van der Waals surface area contributed by atoms with E-state index in [2.05, 4.69) is 19.2 Å². The van der Waals surface area contributed by atoms with Gasteiger partial charge in [-0.25, -0.2) is 4.79 Å². The van der Waals surface area contributed by atoms with Crippen LogP contribution in [0, 0.1) is 11.8 Å². The summed E-state index contributed by atoms with van der Waals surface area (Å²) in [6, 6.07) is 0.200. The molecule has 0 aromatic rings. The smallest absolute Gasteiger partial charge is 0.328 e. The average molecular weight is 301 g/mol.